The number of hydrogen-bond donors (Lipinski definition) is 1. The van der Waals surface area contributed by atoms with Crippen LogP contribution in [0.3, 0.4) is 0 Å². The van der Waals surface area contributed by atoms with E-state index in [4.69, 9.17) is 14.2 Å². The van der Waals surface area contributed by atoms with Crippen molar-refractivity contribution in [2.75, 3.05) is 40.5 Å². The highest BCUT2D eigenvalue weighted by Crippen LogP contribution is 2.26. The molecule has 3 heterocycles. The maximum absolute atomic E-state index is 12.7. The van der Waals surface area contributed by atoms with E-state index in [2.05, 4.69) is 15.4 Å². The van der Waals surface area contributed by atoms with Crippen molar-refractivity contribution >= 4 is 22.8 Å². The molecule has 3 aromatic rings. The Morgan fingerprint density at radius 2 is 1.94 bits per heavy atom. The van der Waals surface area contributed by atoms with Gasteiger partial charge in [0.2, 0.25) is 5.91 Å². The van der Waals surface area contributed by atoms with Crippen LogP contribution in [0.2, 0.25) is 0 Å². The second-order valence-corrected chi connectivity index (χ2v) is 7.75. The number of carbonyl (C=O) groups is 2. The Balaban J connectivity index is 1.47. The summed E-state index contributed by atoms with van der Waals surface area (Å²) in [7, 11) is 3.21. The number of methoxy groups -OCH3 is 2. The molecule has 2 aromatic heterocycles. The number of benzene rings is 1. The molecule has 1 aliphatic rings. The summed E-state index contributed by atoms with van der Waals surface area (Å²) in [5.41, 5.74) is 1.93. The van der Waals surface area contributed by atoms with Crippen LogP contribution in [0.1, 0.15) is 22.8 Å². The fourth-order valence-electron chi connectivity index (χ4n) is 3.75. The molecule has 4 rings (SSSR count). The first-order chi connectivity index (χ1) is 16.0. The quantitative estimate of drug-likeness (QED) is 0.577. The average molecular weight is 453 g/mol. The van der Waals surface area contributed by atoms with Crippen molar-refractivity contribution in [3.05, 3.63) is 47.8 Å². The van der Waals surface area contributed by atoms with E-state index >= 15 is 0 Å². The zero-order chi connectivity index (χ0) is 23.4. The number of amides is 2. The third-order valence-corrected chi connectivity index (χ3v) is 5.59. The number of aromatic nitrogens is 3. The van der Waals surface area contributed by atoms with Gasteiger partial charge in [0.05, 0.1) is 45.7 Å². The third-order valence-electron chi connectivity index (χ3n) is 5.59. The Morgan fingerprint density at radius 1 is 1.15 bits per heavy atom. The van der Waals surface area contributed by atoms with E-state index < -0.39 is 6.04 Å². The van der Waals surface area contributed by atoms with Crippen molar-refractivity contribution in [2.45, 2.75) is 19.5 Å². The molecule has 2 amide bonds. The van der Waals surface area contributed by atoms with Crippen LogP contribution in [0.4, 0.5) is 0 Å². The highest BCUT2D eigenvalue weighted by Gasteiger charge is 2.24. The zero-order valence-corrected chi connectivity index (χ0v) is 18.9. The average Bonchev–Trinajstić information content (AvgIpc) is 3.26. The minimum atomic E-state index is -0.642. The van der Waals surface area contributed by atoms with Crippen molar-refractivity contribution in [3.8, 4) is 11.5 Å². The van der Waals surface area contributed by atoms with Crippen molar-refractivity contribution in [1.29, 1.82) is 0 Å². The number of fused-ring (bicyclic) bond motifs is 1. The molecule has 10 heteroatoms. The Kier molecular flexibility index (Phi) is 6.74. The molecule has 1 fully saturated rings. The van der Waals surface area contributed by atoms with Crippen LogP contribution in [0.5, 0.6) is 11.5 Å². The molecule has 0 spiro atoms. The highest BCUT2D eigenvalue weighted by atomic mass is 16.5. The molecular weight excluding hydrogens is 426 g/mol. The first-order valence-corrected chi connectivity index (χ1v) is 10.7. The van der Waals surface area contributed by atoms with E-state index in [-0.39, 0.29) is 11.8 Å². The van der Waals surface area contributed by atoms with E-state index in [1.54, 1.807) is 43.0 Å². The summed E-state index contributed by atoms with van der Waals surface area (Å²) < 4.78 is 17.7. The van der Waals surface area contributed by atoms with Gasteiger partial charge in [-0.3, -0.25) is 9.59 Å². The van der Waals surface area contributed by atoms with E-state index in [0.29, 0.717) is 55.6 Å². The molecule has 33 heavy (non-hydrogen) atoms. The zero-order valence-electron chi connectivity index (χ0n) is 18.9. The lowest BCUT2D eigenvalue weighted by Crippen LogP contribution is -2.50. The van der Waals surface area contributed by atoms with Crippen LogP contribution < -0.4 is 14.8 Å². The Labute approximate surface area is 191 Å². The van der Waals surface area contributed by atoms with Crippen LogP contribution in [-0.2, 0) is 16.1 Å². The van der Waals surface area contributed by atoms with Gasteiger partial charge in [-0.2, -0.15) is 5.10 Å². The lowest BCUT2D eigenvalue weighted by atomic mass is 10.2. The minimum Gasteiger partial charge on any atom is -0.497 e. The first kappa shape index (κ1) is 22.5. The predicted molar refractivity (Wildman–Crippen MR) is 121 cm³/mol. The summed E-state index contributed by atoms with van der Waals surface area (Å²) in [6.45, 7) is 4.22. The summed E-state index contributed by atoms with van der Waals surface area (Å²) in [6, 6.07) is 6.67. The molecule has 1 aromatic carbocycles. The van der Waals surface area contributed by atoms with Crippen molar-refractivity contribution in [3.63, 3.8) is 0 Å². The summed E-state index contributed by atoms with van der Waals surface area (Å²) in [5.74, 6) is 0.911. The molecule has 10 nitrogen and oxygen atoms in total. The van der Waals surface area contributed by atoms with Crippen LogP contribution >= 0.6 is 0 Å². The SMILES string of the molecule is COc1ccc(Cn2ncc3cc(C(=O)NC(C)C(=O)N4CCOCC4)cnc32)c(OC)c1. The highest BCUT2D eigenvalue weighted by molar-refractivity contribution is 5.99. The summed E-state index contributed by atoms with van der Waals surface area (Å²) in [6.07, 6.45) is 3.16. The van der Waals surface area contributed by atoms with Crippen molar-refractivity contribution in [1.82, 2.24) is 25.0 Å². The first-order valence-electron chi connectivity index (χ1n) is 10.7. The number of ether oxygens (including phenoxy) is 3. The van der Waals surface area contributed by atoms with Crippen LogP contribution in [0, 0.1) is 0 Å². The van der Waals surface area contributed by atoms with Gasteiger partial charge in [0.1, 0.15) is 17.5 Å². The lowest BCUT2D eigenvalue weighted by molar-refractivity contribution is -0.136. The molecule has 1 atom stereocenters. The summed E-state index contributed by atoms with van der Waals surface area (Å²) in [4.78, 5) is 31.4. The normalized spacial score (nSPS) is 14.7. The number of rotatable bonds is 7. The van der Waals surface area contributed by atoms with E-state index in [0.717, 1.165) is 10.9 Å². The van der Waals surface area contributed by atoms with Crippen molar-refractivity contribution in [2.24, 2.45) is 0 Å². The van der Waals surface area contributed by atoms with Gasteiger partial charge in [0, 0.05) is 36.3 Å². The number of hydrogen-bond acceptors (Lipinski definition) is 7. The van der Waals surface area contributed by atoms with E-state index in [1.807, 2.05) is 18.2 Å². The molecule has 0 aliphatic carbocycles. The van der Waals surface area contributed by atoms with Gasteiger partial charge in [-0.1, -0.05) is 0 Å². The molecule has 1 aliphatic heterocycles. The van der Waals surface area contributed by atoms with Gasteiger partial charge in [-0.25, -0.2) is 9.67 Å². The van der Waals surface area contributed by atoms with Crippen molar-refractivity contribution < 1.29 is 23.8 Å². The summed E-state index contributed by atoms with van der Waals surface area (Å²) in [5, 5.41) is 7.91. The fraction of sp³-hybridized carbons (Fsp3) is 0.391. The minimum absolute atomic E-state index is 0.123. The topological polar surface area (TPSA) is 108 Å². The van der Waals surface area contributed by atoms with Crippen LogP contribution in [0.25, 0.3) is 11.0 Å². The van der Waals surface area contributed by atoms with Crippen LogP contribution in [-0.4, -0.2) is 78.0 Å². The lowest BCUT2D eigenvalue weighted by Gasteiger charge is -2.29. The van der Waals surface area contributed by atoms with Gasteiger partial charge in [0.25, 0.3) is 5.91 Å². The largest absolute Gasteiger partial charge is 0.497 e. The Hall–Kier alpha value is -3.66. The second kappa shape index (κ2) is 9.86. The molecule has 1 unspecified atom stereocenters. The standard InChI is InChI=1S/C23H27N5O5/c1-15(23(30)27-6-8-33-9-7-27)26-22(29)18-10-17-13-25-28(21(17)24-12-18)14-16-4-5-19(31-2)11-20(16)32-3/h4-5,10-13,15H,6-9,14H2,1-3H3,(H,26,29). The molecule has 0 bridgehead atoms. The Morgan fingerprint density at radius 3 is 2.67 bits per heavy atom. The smallest absolute Gasteiger partial charge is 0.253 e. The third kappa shape index (κ3) is 4.90. The van der Waals surface area contributed by atoms with Gasteiger partial charge in [0.15, 0.2) is 5.65 Å². The molecule has 0 radical (unpaired) electrons. The van der Waals surface area contributed by atoms with Gasteiger partial charge >= 0.3 is 0 Å². The molecule has 0 saturated carbocycles. The molecule has 1 saturated heterocycles. The number of carbonyl (C=O) groups excluding carboxylic acids is 2. The number of morpholine rings is 1. The maximum Gasteiger partial charge on any atom is 0.253 e. The van der Waals surface area contributed by atoms with Gasteiger partial charge in [-0.15, -0.1) is 0 Å². The number of nitrogens with zero attached hydrogens (tertiary/aromatic N) is 4. The molecule has 1 N–H and O–H groups in total. The molecular formula is C23H27N5O5. The predicted octanol–water partition coefficient (Wildman–Crippen LogP) is 1.47. The van der Waals surface area contributed by atoms with Gasteiger partial charge < -0.3 is 24.4 Å². The fourth-order valence-corrected chi connectivity index (χ4v) is 3.75. The van der Waals surface area contributed by atoms with E-state index in [9.17, 15) is 9.59 Å². The molecule has 174 valence electrons. The monoisotopic (exact) mass is 453 g/mol. The number of nitrogens with one attached hydrogen (secondary N) is 1. The number of pyridine rings is 1. The second-order valence-electron chi connectivity index (χ2n) is 7.75. The van der Waals surface area contributed by atoms with Gasteiger partial charge in [-0.05, 0) is 25.1 Å². The van der Waals surface area contributed by atoms with Crippen LogP contribution in [0.15, 0.2) is 36.7 Å². The summed E-state index contributed by atoms with van der Waals surface area (Å²) >= 11 is 0. The van der Waals surface area contributed by atoms with E-state index in [1.165, 1.54) is 6.20 Å². The maximum atomic E-state index is 12.7. The Bertz CT molecular complexity index is 1160.